The molecule has 2 aliphatic heterocycles. The van der Waals surface area contributed by atoms with Crippen molar-refractivity contribution in [3.63, 3.8) is 0 Å². The fraction of sp³-hybridized carbons (Fsp3) is 0.429. The summed E-state index contributed by atoms with van der Waals surface area (Å²) in [7, 11) is 0. The lowest BCUT2D eigenvalue weighted by Crippen LogP contribution is -2.56. The molecule has 3 aliphatic rings. The molecule has 3 aromatic rings. The number of para-hydroxylation sites is 1. The highest BCUT2D eigenvalue weighted by Gasteiger charge is 2.31. The smallest absolute Gasteiger partial charge is 0.245 e. The fourth-order valence-electron chi connectivity index (χ4n) is 6.98. The molecule has 1 saturated heterocycles. The number of rotatable bonds is 8. The molecule has 0 aromatic heterocycles. The molecule has 42 heavy (non-hydrogen) atoms. The number of halogens is 1. The molecule has 0 radical (unpaired) electrons. The second-order valence-electron chi connectivity index (χ2n) is 12.0. The largest absolute Gasteiger partial charge is 0.368 e. The minimum absolute atomic E-state index is 0.0155. The van der Waals surface area contributed by atoms with Gasteiger partial charge in [0, 0.05) is 62.3 Å². The van der Waals surface area contributed by atoms with Crippen LogP contribution in [0.2, 0.25) is 5.02 Å². The number of carbonyl (C=O) groups is 2. The first-order valence-corrected chi connectivity index (χ1v) is 15.9. The van der Waals surface area contributed by atoms with Crippen LogP contribution in [0.25, 0.3) is 0 Å². The van der Waals surface area contributed by atoms with E-state index in [4.69, 9.17) is 11.6 Å². The lowest BCUT2D eigenvalue weighted by molar-refractivity contribution is -0.136. The third-order valence-corrected chi connectivity index (χ3v) is 9.51. The number of hydrogen-bond acceptors (Lipinski definition) is 4. The van der Waals surface area contributed by atoms with Gasteiger partial charge in [0.05, 0.1) is 0 Å². The number of amides is 2. The Morgan fingerprint density at radius 2 is 1.55 bits per heavy atom. The average Bonchev–Trinajstić information content (AvgIpc) is 3.44. The van der Waals surface area contributed by atoms with Gasteiger partial charge in [0.1, 0.15) is 6.04 Å². The molecule has 1 aliphatic carbocycles. The van der Waals surface area contributed by atoms with Gasteiger partial charge in [-0.05, 0) is 59.2 Å². The molecule has 2 unspecified atom stereocenters. The van der Waals surface area contributed by atoms with Crippen LogP contribution in [0.5, 0.6) is 0 Å². The van der Waals surface area contributed by atoms with Crippen molar-refractivity contribution in [2.45, 2.75) is 69.5 Å². The number of benzene rings is 3. The molecule has 0 bridgehead atoms. The van der Waals surface area contributed by atoms with Gasteiger partial charge in [0.15, 0.2) is 0 Å². The zero-order valence-electron chi connectivity index (χ0n) is 24.2. The summed E-state index contributed by atoms with van der Waals surface area (Å²) in [5.74, 6) is 0.504. The van der Waals surface area contributed by atoms with E-state index in [1.165, 1.54) is 48.9 Å². The Hall–Kier alpha value is -3.35. The molecule has 3 aromatic carbocycles. The van der Waals surface area contributed by atoms with Crippen LogP contribution in [0.4, 0.5) is 5.69 Å². The summed E-state index contributed by atoms with van der Waals surface area (Å²) in [6, 6.07) is 23.9. The predicted octanol–water partition coefficient (Wildman–Crippen LogP) is 6.00. The Kier molecular flexibility index (Phi) is 9.11. The van der Waals surface area contributed by atoms with Crippen LogP contribution in [-0.2, 0) is 22.6 Å². The molecule has 7 heteroatoms. The second kappa shape index (κ2) is 13.3. The van der Waals surface area contributed by atoms with E-state index in [0.29, 0.717) is 36.9 Å². The normalized spacial score (nSPS) is 19.8. The lowest BCUT2D eigenvalue weighted by atomic mass is 9.83. The molecule has 220 valence electrons. The molecule has 0 spiro atoms. The Morgan fingerprint density at radius 1 is 0.857 bits per heavy atom. The molecule has 2 amide bonds. The summed E-state index contributed by atoms with van der Waals surface area (Å²) < 4.78 is 0. The zero-order valence-corrected chi connectivity index (χ0v) is 25.0. The third kappa shape index (κ3) is 6.66. The minimum atomic E-state index is -0.628. The number of piperazine rings is 1. The number of anilines is 1. The number of nitrogens with zero attached hydrogens (tertiary/aromatic N) is 2. The van der Waals surface area contributed by atoms with Gasteiger partial charge in [-0.2, -0.15) is 0 Å². The van der Waals surface area contributed by atoms with Gasteiger partial charge in [-0.1, -0.05) is 85.5 Å². The highest BCUT2D eigenvalue weighted by Crippen LogP contribution is 2.38. The average molecular weight is 585 g/mol. The highest BCUT2D eigenvalue weighted by molar-refractivity contribution is 6.30. The van der Waals surface area contributed by atoms with E-state index in [-0.39, 0.29) is 17.9 Å². The van der Waals surface area contributed by atoms with E-state index < -0.39 is 6.04 Å². The number of hydrogen-bond donors (Lipinski definition) is 2. The summed E-state index contributed by atoms with van der Waals surface area (Å²) in [6.45, 7) is 3.62. The maximum Gasteiger partial charge on any atom is 0.245 e. The lowest BCUT2D eigenvalue weighted by Gasteiger charge is -2.39. The van der Waals surface area contributed by atoms with Gasteiger partial charge < -0.3 is 20.4 Å². The van der Waals surface area contributed by atoms with Crippen molar-refractivity contribution in [2.75, 3.05) is 31.1 Å². The van der Waals surface area contributed by atoms with Gasteiger partial charge >= 0.3 is 0 Å². The Bertz CT molecular complexity index is 1380. The van der Waals surface area contributed by atoms with Crippen LogP contribution in [0.3, 0.4) is 0 Å². The Morgan fingerprint density at radius 3 is 2.31 bits per heavy atom. The molecule has 6 rings (SSSR count). The molecular weight excluding hydrogens is 544 g/mol. The van der Waals surface area contributed by atoms with Crippen molar-refractivity contribution in [3.05, 3.63) is 100 Å². The van der Waals surface area contributed by atoms with Crippen LogP contribution in [0.1, 0.15) is 72.7 Å². The summed E-state index contributed by atoms with van der Waals surface area (Å²) in [5.41, 5.74) is 6.16. The van der Waals surface area contributed by atoms with Crippen molar-refractivity contribution in [1.29, 1.82) is 0 Å². The molecule has 2 fully saturated rings. The van der Waals surface area contributed by atoms with Crippen LogP contribution in [-0.4, -0.2) is 48.9 Å². The second-order valence-corrected chi connectivity index (χ2v) is 12.4. The van der Waals surface area contributed by atoms with E-state index in [1.54, 1.807) is 0 Å². The maximum atomic E-state index is 13.9. The Balaban J connectivity index is 1.12. The number of fused-ring (bicyclic) bond motifs is 1. The standard InChI is InChI=1S/C35H41ClN4O2/c36-28-16-14-25(15-17-28)22-32(38-34(41)23-31-29-11-5-4-10-27(29)24-37-31)35(42)40-20-18-39(19-21-40)33-13-7-6-12-30(33)26-8-2-1-3-9-26/h4-7,10-17,26,31-32,37H,1-3,8-9,18-24H2,(H,38,41). The predicted molar refractivity (Wildman–Crippen MR) is 169 cm³/mol. The van der Waals surface area contributed by atoms with Crippen molar-refractivity contribution in [2.24, 2.45) is 0 Å². The topological polar surface area (TPSA) is 64.7 Å². The quantitative estimate of drug-likeness (QED) is 0.341. The number of carbonyl (C=O) groups excluding carboxylic acids is 2. The van der Waals surface area contributed by atoms with Gasteiger partial charge in [-0.25, -0.2) is 0 Å². The summed E-state index contributed by atoms with van der Waals surface area (Å²) in [4.78, 5) is 31.7. The molecule has 6 nitrogen and oxygen atoms in total. The van der Waals surface area contributed by atoms with Gasteiger partial charge in [-0.3, -0.25) is 9.59 Å². The highest BCUT2D eigenvalue weighted by atomic mass is 35.5. The van der Waals surface area contributed by atoms with Crippen molar-refractivity contribution in [1.82, 2.24) is 15.5 Å². The molecular formula is C35H41ClN4O2. The Labute approximate surface area is 254 Å². The molecule has 2 atom stereocenters. The van der Waals surface area contributed by atoms with Gasteiger partial charge in [0.25, 0.3) is 0 Å². The van der Waals surface area contributed by atoms with Gasteiger partial charge in [0.2, 0.25) is 11.8 Å². The first kappa shape index (κ1) is 28.8. The SMILES string of the molecule is O=C(CC1NCc2ccccc21)NC(Cc1ccc(Cl)cc1)C(=O)N1CCN(c2ccccc2C2CCCCC2)CC1. The first-order chi connectivity index (χ1) is 20.5. The summed E-state index contributed by atoms with van der Waals surface area (Å²) in [5, 5.41) is 7.21. The van der Waals surface area contributed by atoms with E-state index >= 15 is 0 Å². The van der Waals surface area contributed by atoms with E-state index in [0.717, 1.165) is 30.8 Å². The van der Waals surface area contributed by atoms with Crippen LogP contribution >= 0.6 is 11.6 Å². The summed E-state index contributed by atoms with van der Waals surface area (Å²) >= 11 is 6.12. The van der Waals surface area contributed by atoms with Crippen molar-refractivity contribution in [3.8, 4) is 0 Å². The van der Waals surface area contributed by atoms with Crippen LogP contribution in [0, 0.1) is 0 Å². The van der Waals surface area contributed by atoms with Gasteiger partial charge in [-0.15, -0.1) is 0 Å². The summed E-state index contributed by atoms with van der Waals surface area (Å²) in [6.07, 6.45) is 7.23. The van der Waals surface area contributed by atoms with E-state index in [1.807, 2.05) is 41.3 Å². The first-order valence-electron chi connectivity index (χ1n) is 15.5. The minimum Gasteiger partial charge on any atom is -0.368 e. The van der Waals surface area contributed by atoms with Crippen LogP contribution in [0.15, 0.2) is 72.8 Å². The molecule has 2 N–H and O–H groups in total. The van der Waals surface area contributed by atoms with Crippen LogP contribution < -0.4 is 15.5 Å². The monoisotopic (exact) mass is 584 g/mol. The van der Waals surface area contributed by atoms with E-state index in [9.17, 15) is 9.59 Å². The maximum absolute atomic E-state index is 13.9. The third-order valence-electron chi connectivity index (χ3n) is 9.26. The molecule has 2 heterocycles. The molecule has 1 saturated carbocycles. The fourth-order valence-corrected chi connectivity index (χ4v) is 7.10. The van der Waals surface area contributed by atoms with E-state index in [2.05, 4.69) is 51.9 Å². The zero-order chi connectivity index (χ0) is 28.9. The number of nitrogens with one attached hydrogen (secondary N) is 2. The van der Waals surface area contributed by atoms with Crippen molar-refractivity contribution >= 4 is 29.1 Å². The van der Waals surface area contributed by atoms with Crippen molar-refractivity contribution < 1.29 is 9.59 Å².